The summed E-state index contributed by atoms with van der Waals surface area (Å²) in [6.07, 6.45) is 13.1. The number of anilines is 2. The molecule has 3 unspecified atom stereocenters. The van der Waals surface area contributed by atoms with Gasteiger partial charge in [0.05, 0.1) is 115 Å². The lowest BCUT2D eigenvalue weighted by molar-refractivity contribution is -0.131. The lowest BCUT2D eigenvalue weighted by Crippen LogP contribution is -2.51. The highest BCUT2D eigenvalue weighted by Gasteiger charge is 2.45. The van der Waals surface area contributed by atoms with Crippen LogP contribution in [0.2, 0.25) is 0 Å². The van der Waals surface area contributed by atoms with Gasteiger partial charge in [-0.3, -0.25) is 33.8 Å². The van der Waals surface area contributed by atoms with Crippen LogP contribution in [0.4, 0.5) is 21.9 Å². The number of aliphatic imine (C=N–C) groups is 1. The zero-order chi connectivity index (χ0) is 65.8. The first-order valence-electron chi connectivity index (χ1n) is 30.6. The Morgan fingerprint density at radius 1 is 0.703 bits per heavy atom. The predicted molar refractivity (Wildman–Crippen MR) is 341 cm³/mol. The molecule has 0 fully saturated rings. The average Bonchev–Trinajstić information content (AvgIpc) is 1.75. The van der Waals surface area contributed by atoms with Gasteiger partial charge in [-0.2, -0.15) is 0 Å². The third-order valence-electron chi connectivity index (χ3n) is 14.4. The van der Waals surface area contributed by atoms with Gasteiger partial charge in [-0.05, 0) is 87.4 Å². The molecule has 4 aliphatic rings. The van der Waals surface area contributed by atoms with Crippen molar-refractivity contribution in [2.75, 3.05) is 97.0 Å². The summed E-state index contributed by atoms with van der Waals surface area (Å²) in [6, 6.07) is 11.5. The van der Waals surface area contributed by atoms with Crippen molar-refractivity contribution < 1.29 is 81.3 Å². The zero-order valence-corrected chi connectivity index (χ0v) is 53.5. The van der Waals surface area contributed by atoms with Gasteiger partial charge in [0.1, 0.15) is 12.6 Å². The van der Waals surface area contributed by atoms with Crippen LogP contribution >= 0.6 is 0 Å². The number of amides is 7. The lowest BCUT2D eigenvalue weighted by Gasteiger charge is -2.31. The van der Waals surface area contributed by atoms with E-state index in [1.165, 1.54) is 31.3 Å². The van der Waals surface area contributed by atoms with Gasteiger partial charge in [0.25, 0.3) is 11.8 Å². The number of ether oxygens (including phenoxy) is 9. The Labute approximate surface area is 532 Å². The maximum atomic E-state index is 14.1. The minimum Gasteiger partial charge on any atom is -0.493 e. The standard InChI is InChI=1S/C44H45N5O10.C22H43N3O7/c1-5-8-28-16-31-22-45-34-20-39(37(55-3)18-32(34)41(51)47(31)23-28)57-14-7-15-58-40-21-35-33(19-38(40)56-4)42(52)48-24-29(9-6-2)17-36(48)43(53)49(35)44(54)59-25-27-10-12-30(13-11-27)46-26-50;1-6-19(26)23-8-10-30-12-14-32-16-15-31-13-11-29-9-7-20(27)25-21(17(2)3)22(28)24-18(4)5/h5-6,8-13,18-24,26,31,36,43,53H,7,14-17,25H2,1-4H3,(H,46,50);17-18,21H,6-16H2,1-5H3,(H,23,26)(H,24,28)(H,25,27)/b8-5+,9-6+;/t;21-/m.0/s1. The smallest absolute Gasteiger partial charge is 0.416 e. The monoisotopic (exact) mass is 1260 g/mol. The lowest BCUT2D eigenvalue weighted by atomic mass is 10.0. The van der Waals surface area contributed by atoms with Gasteiger partial charge in [0.2, 0.25) is 24.1 Å². The molecule has 4 aliphatic heterocycles. The van der Waals surface area contributed by atoms with Gasteiger partial charge >= 0.3 is 6.09 Å². The molecule has 3 aromatic carbocycles. The number of carbonyl (C=O) groups excluding carboxylic acids is 7. The topological polar surface area (TPSA) is 293 Å². The van der Waals surface area contributed by atoms with E-state index in [-0.39, 0.29) is 97.2 Å². The first-order valence-corrected chi connectivity index (χ1v) is 30.6. The van der Waals surface area contributed by atoms with Crippen LogP contribution in [0.5, 0.6) is 23.0 Å². The number of allylic oxidation sites excluding steroid dienone is 4. The van der Waals surface area contributed by atoms with Crippen molar-refractivity contribution >= 4 is 65.3 Å². The number of methoxy groups -OCH3 is 2. The quantitative estimate of drug-likeness (QED) is 0.0290. The molecular weight excluding hydrogens is 1180 g/mol. The molecule has 91 heavy (non-hydrogen) atoms. The van der Waals surface area contributed by atoms with E-state index in [2.05, 4.69) is 26.3 Å². The Kier molecular flexibility index (Phi) is 29.0. The molecule has 0 aliphatic carbocycles. The Bertz CT molecular complexity index is 3110. The molecular formula is C66H88N8O17. The fourth-order valence-corrected chi connectivity index (χ4v) is 9.91. The molecule has 5 N–H and O–H groups in total. The second-order valence-electron chi connectivity index (χ2n) is 21.9. The molecule has 494 valence electrons. The summed E-state index contributed by atoms with van der Waals surface area (Å²) in [5.74, 6) is 0.255. The fourth-order valence-electron chi connectivity index (χ4n) is 9.91. The van der Waals surface area contributed by atoms with E-state index in [4.69, 9.17) is 42.6 Å². The molecule has 4 atom stereocenters. The second-order valence-corrected chi connectivity index (χ2v) is 21.9. The van der Waals surface area contributed by atoms with E-state index in [1.54, 1.807) is 60.6 Å². The second kappa shape index (κ2) is 36.9. The Balaban J connectivity index is 0.000000351. The minimum absolute atomic E-state index is 0.00530. The van der Waals surface area contributed by atoms with Gasteiger partial charge in [0, 0.05) is 68.3 Å². The van der Waals surface area contributed by atoms with Crippen LogP contribution in [0.15, 0.2) is 101 Å². The first-order chi connectivity index (χ1) is 43.9. The number of aliphatic hydroxyl groups is 1. The molecule has 3 aromatic rings. The average molecular weight is 1270 g/mol. The molecule has 4 heterocycles. The normalized spacial score (nSPS) is 16.8. The molecule has 7 amide bonds. The molecule has 0 saturated carbocycles. The molecule has 0 spiro atoms. The fraction of sp³-hybridized carbons (Fsp3) is 0.485. The van der Waals surface area contributed by atoms with Crippen molar-refractivity contribution in [3.8, 4) is 23.0 Å². The number of aliphatic hydroxyl groups excluding tert-OH is 1. The first kappa shape index (κ1) is 71.5. The van der Waals surface area contributed by atoms with Crippen molar-refractivity contribution in [2.24, 2.45) is 10.9 Å². The van der Waals surface area contributed by atoms with E-state index < -0.39 is 30.3 Å². The number of hydrogen-bond acceptors (Lipinski definition) is 18. The number of nitrogens with zero attached hydrogens (tertiary/aromatic N) is 4. The number of benzene rings is 3. The number of nitrogens with one attached hydrogen (secondary N) is 4. The van der Waals surface area contributed by atoms with E-state index in [0.717, 1.165) is 16.0 Å². The Hall–Kier alpha value is -8.62. The van der Waals surface area contributed by atoms with Crippen molar-refractivity contribution in [3.63, 3.8) is 0 Å². The molecule has 0 radical (unpaired) electrons. The van der Waals surface area contributed by atoms with Crippen LogP contribution in [0, 0.1) is 5.92 Å². The molecule has 0 bridgehead atoms. The number of rotatable bonds is 34. The SMILES string of the molecule is C/C=C/C1=CN2C(=O)c3cc(OC)c(OCCCOc4cc5c(cc4OC)C(=O)N4C=C(/C=C/C)CC4C(O)N5C(=O)OCc4ccc(NC=O)cc4)cc3N=CC2C1.CCC(=O)NCCOCCOCCOCCOCCC(=O)N[C@H](C(=O)NC(C)C)C(C)C. The maximum Gasteiger partial charge on any atom is 0.416 e. The highest BCUT2D eigenvalue weighted by molar-refractivity contribution is 6.07. The van der Waals surface area contributed by atoms with Crippen LogP contribution in [-0.2, 0) is 49.5 Å². The summed E-state index contributed by atoms with van der Waals surface area (Å²) in [4.78, 5) is 96.4. The summed E-state index contributed by atoms with van der Waals surface area (Å²) in [7, 11) is 2.95. The van der Waals surface area contributed by atoms with Crippen LogP contribution in [0.25, 0.3) is 0 Å². The summed E-state index contributed by atoms with van der Waals surface area (Å²) >= 11 is 0. The number of fused-ring (bicyclic) bond motifs is 4. The molecule has 25 nitrogen and oxygen atoms in total. The van der Waals surface area contributed by atoms with E-state index in [0.29, 0.717) is 119 Å². The number of carbonyl (C=O) groups is 7. The molecule has 0 saturated heterocycles. The molecule has 7 rings (SSSR count). The van der Waals surface area contributed by atoms with E-state index in [9.17, 15) is 38.7 Å². The molecule has 25 heteroatoms. The van der Waals surface area contributed by atoms with E-state index in [1.807, 2.05) is 72.0 Å². The van der Waals surface area contributed by atoms with Gasteiger partial charge in [-0.1, -0.05) is 57.2 Å². The van der Waals surface area contributed by atoms with Crippen molar-refractivity contribution in [3.05, 3.63) is 113 Å². The predicted octanol–water partition coefficient (Wildman–Crippen LogP) is 7.29. The minimum atomic E-state index is -1.49. The van der Waals surface area contributed by atoms with Crippen molar-refractivity contribution in [1.29, 1.82) is 0 Å². The van der Waals surface area contributed by atoms with E-state index >= 15 is 0 Å². The maximum absolute atomic E-state index is 14.1. The van der Waals surface area contributed by atoms with Crippen molar-refractivity contribution in [2.45, 2.75) is 118 Å². The van der Waals surface area contributed by atoms with Gasteiger partial charge < -0.3 is 78.8 Å². The van der Waals surface area contributed by atoms with Crippen molar-refractivity contribution in [1.82, 2.24) is 25.8 Å². The van der Waals surface area contributed by atoms with Gasteiger partial charge in [-0.15, -0.1) is 0 Å². The third-order valence-corrected chi connectivity index (χ3v) is 14.4. The van der Waals surface area contributed by atoms with Crippen LogP contribution in [0.1, 0.15) is 107 Å². The molecule has 0 aromatic heterocycles. The highest BCUT2D eigenvalue weighted by atomic mass is 16.6. The van der Waals surface area contributed by atoms with Gasteiger partial charge in [-0.25, -0.2) is 9.69 Å². The van der Waals surface area contributed by atoms with Crippen LogP contribution < -0.4 is 45.1 Å². The van der Waals surface area contributed by atoms with Crippen LogP contribution in [0.3, 0.4) is 0 Å². The summed E-state index contributed by atoms with van der Waals surface area (Å²) < 4.78 is 50.7. The summed E-state index contributed by atoms with van der Waals surface area (Å²) in [5, 5.41) is 22.7. The third kappa shape index (κ3) is 21.0. The summed E-state index contributed by atoms with van der Waals surface area (Å²) in [5.41, 5.74) is 4.13. The zero-order valence-electron chi connectivity index (χ0n) is 53.5. The largest absolute Gasteiger partial charge is 0.493 e. The number of hydrogen-bond donors (Lipinski definition) is 5. The Morgan fingerprint density at radius 3 is 1.88 bits per heavy atom. The Morgan fingerprint density at radius 2 is 1.29 bits per heavy atom. The highest BCUT2D eigenvalue weighted by Crippen LogP contribution is 2.43. The summed E-state index contributed by atoms with van der Waals surface area (Å²) in [6.45, 7) is 17.2. The van der Waals surface area contributed by atoms with Crippen LogP contribution in [-0.4, -0.2) is 180 Å². The van der Waals surface area contributed by atoms with Gasteiger partial charge in [0.15, 0.2) is 29.2 Å².